The summed E-state index contributed by atoms with van der Waals surface area (Å²) in [6, 6.07) is 10.8. The molecule has 2 aromatic rings. The number of rotatable bonds is 4. The number of hydrogen-bond donors (Lipinski definition) is 1. The zero-order valence-corrected chi connectivity index (χ0v) is 12.7. The number of ether oxygens (including phenoxy) is 1. The maximum Gasteiger partial charge on any atom is 0.0846 e. The molecule has 0 bridgehead atoms. The van der Waals surface area contributed by atoms with E-state index in [-0.39, 0.29) is 12.1 Å². The Hall–Kier alpha value is -1.16. The molecule has 2 N–H and O–H groups in total. The number of hydrogen-bond acceptors (Lipinski definition) is 3. The Morgan fingerprint density at radius 1 is 1.35 bits per heavy atom. The Balaban J connectivity index is 1.79. The van der Waals surface area contributed by atoms with Crippen LogP contribution in [0.3, 0.4) is 0 Å². The lowest BCUT2D eigenvalue weighted by Crippen LogP contribution is -2.21. The fraction of sp³-hybridized carbons (Fsp3) is 0.412. The van der Waals surface area contributed by atoms with Crippen molar-refractivity contribution in [3.05, 3.63) is 57.3 Å². The first-order valence-electron chi connectivity index (χ1n) is 7.30. The Morgan fingerprint density at radius 3 is 3.05 bits per heavy atom. The molecule has 3 rings (SSSR count). The molecule has 2 heterocycles. The van der Waals surface area contributed by atoms with Crippen LogP contribution in [0.1, 0.15) is 47.1 Å². The van der Waals surface area contributed by atoms with Gasteiger partial charge in [0, 0.05) is 10.9 Å². The zero-order valence-electron chi connectivity index (χ0n) is 11.8. The largest absolute Gasteiger partial charge is 0.373 e. The van der Waals surface area contributed by atoms with Gasteiger partial charge in [0.25, 0.3) is 0 Å². The maximum absolute atomic E-state index is 6.43. The summed E-state index contributed by atoms with van der Waals surface area (Å²) in [5.41, 5.74) is 10.6. The molecule has 1 aliphatic heterocycles. The normalized spacial score (nSPS) is 19.6. The minimum atomic E-state index is 0.0705. The molecule has 0 amide bonds. The van der Waals surface area contributed by atoms with E-state index in [4.69, 9.17) is 10.5 Å². The van der Waals surface area contributed by atoms with Gasteiger partial charge in [-0.3, -0.25) is 0 Å². The van der Waals surface area contributed by atoms with Crippen LogP contribution in [0.25, 0.3) is 0 Å². The van der Waals surface area contributed by atoms with Crippen molar-refractivity contribution in [1.82, 2.24) is 0 Å². The molecule has 3 heteroatoms. The van der Waals surface area contributed by atoms with Gasteiger partial charge in [-0.05, 0) is 47.4 Å². The maximum atomic E-state index is 6.43. The fourth-order valence-electron chi connectivity index (χ4n) is 2.97. The van der Waals surface area contributed by atoms with Crippen LogP contribution in [0.15, 0.2) is 35.7 Å². The van der Waals surface area contributed by atoms with Crippen molar-refractivity contribution in [3.8, 4) is 0 Å². The van der Waals surface area contributed by atoms with Gasteiger partial charge < -0.3 is 10.5 Å². The van der Waals surface area contributed by atoms with Gasteiger partial charge >= 0.3 is 0 Å². The van der Waals surface area contributed by atoms with Crippen LogP contribution in [0.5, 0.6) is 0 Å². The lowest BCUT2D eigenvalue weighted by molar-refractivity contribution is 0.0321. The molecule has 0 aliphatic carbocycles. The van der Waals surface area contributed by atoms with Gasteiger partial charge in [-0.15, -0.1) is 11.3 Å². The number of fused-ring (bicyclic) bond motifs is 1. The molecule has 0 saturated carbocycles. The molecule has 0 spiro atoms. The van der Waals surface area contributed by atoms with Crippen molar-refractivity contribution in [1.29, 1.82) is 0 Å². The molecule has 2 atom stereocenters. The highest BCUT2D eigenvalue weighted by Gasteiger charge is 2.24. The lowest BCUT2D eigenvalue weighted by atomic mass is 9.93. The topological polar surface area (TPSA) is 35.2 Å². The molecule has 2 nitrogen and oxygen atoms in total. The van der Waals surface area contributed by atoms with E-state index in [1.165, 1.54) is 21.6 Å². The summed E-state index contributed by atoms with van der Waals surface area (Å²) in [5.74, 6) is 0. The summed E-state index contributed by atoms with van der Waals surface area (Å²) in [5, 5.41) is 2.14. The number of nitrogens with two attached hydrogens (primary N) is 1. The van der Waals surface area contributed by atoms with Crippen LogP contribution in [-0.2, 0) is 17.6 Å². The summed E-state index contributed by atoms with van der Waals surface area (Å²) in [6.07, 6.45) is 3.07. The Bertz CT molecular complexity index is 578. The molecule has 0 fully saturated rings. The molecule has 1 aliphatic rings. The third kappa shape index (κ3) is 2.66. The van der Waals surface area contributed by atoms with Crippen LogP contribution >= 0.6 is 11.3 Å². The molecular formula is C17H21NOS. The van der Waals surface area contributed by atoms with Crippen molar-refractivity contribution in [2.45, 2.75) is 38.3 Å². The highest BCUT2D eigenvalue weighted by atomic mass is 32.1. The third-order valence-corrected chi connectivity index (χ3v) is 5.15. The van der Waals surface area contributed by atoms with Crippen molar-refractivity contribution >= 4 is 11.3 Å². The summed E-state index contributed by atoms with van der Waals surface area (Å²) < 4.78 is 5.97. The van der Waals surface area contributed by atoms with Gasteiger partial charge in [0.05, 0.1) is 12.7 Å². The van der Waals surface area contributed by atoms with E-state index in [9.17, 15) is 0 Å². The van der Waals surface area contributed by atoms with E-state index in [0.29, 0.717) is 0 Å². The summed E-state index contributed by atoms with van der Waals surface area (Å²) >= 11 is 1.77. The van der Waals surface area contributed by atoms with Crippen LogP contribution < -0.4 is 5.73 Å². The molecular weight excluding hydrogens is 266 g/mol. The highest BCUT2D eigenvalue weighted by molar-refractivity contribution is 7.10. The summed E-state index contributed by atoms with van der Waals surface area (Å²) in [7, 11) is 0. The average Bonchev–Trinajstić information content (AvgIpc) is 2.96. The monoisotopic (exact) mass is 287 g/mol. The summed E-state index contributed by atoms with van der Waals surface area (Å²) in [4.78, 5) is 1.32. The van der Waals surface area contributed by atoms with E-state index in [1.54, 1.807) is 11.3 Å². The van der Waals surface area contributed by atoms with Gasteiger partial charge in [0.2, 0.25) is 0 Å². The quantitative estimate of drug-likeness (QED) is 0.922. The Labute approximate surface area is 124 Å². The first kappa shape index (κ1) is 13.8. The number of aryl methyl sites for hydroxylation is 1. The van der Waals surface area contributed by atoms with Gasteiger partial charge in [-0.1, -0.05) is 31.2 Å². The second-order valence-electron chi connectivity index (χ2n) is 5.31. The molecule has 2 unspecified atom stereocenters. The SMILES string of the molecule is CCc1ccsc1C(N)CC1OCCc2ccccc21. The smallest absolute Gasteiger partial charge is 0.0846 e. The fourth-order valence-corrected chi connectivity index (χ4v) is 3.99. The van der Waals surface area contributed by atoms with Gasteiger partial charge in [0.1, 0.15) is 0 Å². The molecule has 0 radical (unpaired) electrons. The second-order valence-corrected chi connectivity index (χ2v) is 6.26. The van der Waals surface area contributed by atoms with Gasteiger partial charge in [-0.2, -0.15) is 0 Å². The van der Waals surface area contributed by atoms with E-state index >= 15 is 0 Å². The van der Waals surface area contributed by atoms with Crippen molar-refractivity contribution < 1.29 is 4.74 Å². The van der Waals surface area contributed by atoms with Crippen LogP contribution in [0, 0.1) is 0 Å². The predicted octanol–water partition coefficient (Wildman–Crippen LogP) is 4.01. The van der Waals surface area contributed by atoms with E-state index in [2.05, 4.69) is 42.6 Å². The van der Waals surface area contributed by atoms with Crippen LogP contribution in [-0.4, -0.2) is 6.61 Å². The second kappa shape index (κ2) is 6.08. The van der Waals surface area contributed by atoms with E-state index < -0.39 is 0 Å². The molecule has 1 aromatic carbocycles. The van der Waals surface area contributed by atoms with E-state index in [1.807, 2.05) is 0 Å². The molecule has 0 saturated heterocycles. The first-order chi connectivity index (χ1) is 9.79. The van der Waals surface area contributed by atoms with Gasteiger partial charge in [-0.25, -0.2) is 0 Å². The minimum absolute atomic E-state index is 0.0705. The standard InChI is InChI=1S/C17H21NOS/c1-2-12-8-10-20-17(12)15(18)11-16-14-6-4-3-5-13(14)7-9-19-16/h3-6,8,10,15-16H,2,7,9,11,18H2,1H3. The minimum Gasteiger partial charge on any atom is -0.373 e. The van der Waals surface area contributed by atoms with Gasteiger partial charge in [0.15, 0.2) is 0 Å². The summed E-state index contributed by atoms with van der Waals surface area (Å²) in [6.45, 7) is 2.99. The Kier molecular flexibility index (Phi) is 4.20. The third-order valence-electron chi connectivity index (χ3n) is 4.06. The number of thiophene rings is 1. The Morgan fingerprint density at radius 2 is 2.20 bits per heavy atom. The molecule has 106 valence electrons. The predicted molar refractivity (Wildman–Crippen MR) is 84.1 cm³/mol. The van der Waals surface area contributed by atoms with Crippen LogP contribution in [0.2, 0.25) is 0 Å². The molecule has 1 aromatic heterocycles. The average molecular weight is 287 g/mol. The van der Waals surface area contributed by atoms with Crippen LogP contribution in [0.4, 0.5) is 0 Å². The first-order valence-corrected chi connectivity index (χ1v) is 8.18. The van der Waals surface area contributed by atoms with Crippen molar-refractivity contribution in [3.63, 3.8) is 0 Å². The zero-order chi connectivity index (χ0) is 13.9. The van der Waals surface area contributed by atoms with Crippen molar-refractivity contribution in [2.24, 2.45) is 5.73 Å². The highest BCUT2D eigenvalue weighted by Crippen LogP contribution is 2.35. The van der Waals surface area contributed by atoms with Crippen molar-refractivity contribution in [2.75, 3.05) is 6.61 Å². The molecule has 20 heavy (non-hydrogen) atoms. The number of benzene rings is 1. The lowest BCUT2D eigenvalue weighted by Gasteiger charge is -2.28. The van der Waals surface area contributed by atoms with E-state index in [0.717, 1.165) is 25.9 Å².